The Balaban J connectivity index is 0.00000128. The predicted molar refractivity (Wildman–Crippen MR) is 71.9 cm³/mol. The van der Waals surface area contributed by atoms with Gasteiger partial charge in [-0.25, -0.2) is 0 Å². The van der Waals surface area contributed by atoms with Crippen LogP contribution in [0.5, 0.6) is 5.75 Å². The minimum Gasteiger partial charge on any atom is -0.508 e. The SMILES string of the molecule is Cl.N[C@@H](c1ccc(Br)cc1O)C1CCCC1. The van der Waals surface area contributed by atoms with Gasteiger partial charge in [-0.3, -0.25) is 0 Å². The highest BCUT2D eigenvalue weighted by Gasteiger charge is 2.24. The average molecular weight is 307 g/mol. The molecule has 16 heavy (non-hydrogen) atoms. The number of halogens is 2. The molecule has 1 aromatic rings. The van der Waals surface area contributed by atoms with E-state index in [-0.39, 0.29) is 18.4 Å². The van der Waals surface area contributed by atoms with Crippen molar-refractivity contribution in [3.05, 3.63) is 28.2 Å². The molecule has 0 unspecified atom stereocenters. The van der Waals surface area contributed by atoms with E-state index in [9.17, 15) is 5.11 Å². The molecule has 3 N–H and O–H groups in total. The van der Waals surface area contributed by atoms with E-state index in [2.05, 4.69) is 15.9 Å². The fraction of sp³-hybridized carbons (Fsp3) is 0.500. The first-order valence-electron chi connectivity index (χ1n) is 5.42. The van der Waals surface area contributed by atoms with Crippen LogP contribution in [0.4, 0.5) is 0 Å². The van der Waals surface area contributed by atoms with Crippen molar-refractivity contribution < 1.29 is 5.11 Å². The van der Waals surface area contributed by atoms with Gasteiger partial charge in [-0.2, -0.15) is 0 Å². The summed E-state index contributed by atoms with van der Waals surface area (Å²) in [7, 11) is 0. The van der Waals surface area contributed by atoms with Gasteiger partial charge in [-0.15, -0.1) is 12.4 Å². The normalized spacial score (nSPS) is 18.1. The summed E-state index contributed by atoms with van der Waals surface area (Å²) in [5, 5.41) is 9.81. The highest BCUT2D eigenvalue weighted by atomic mass is 79.9. The molecule has 2 nitrogen and oxygen atoms in total. The lowest BCUT2D eigenvalue weighted by Gasteiger charge is -2.20. The molecule has 4 heteroatoms. The summed E-state index contributed by atoms with van der Waals surface area (Å²) in [6, 6.07) is 5.55. The molecule has 0 heterocycles. The van der Waals surface area contributed by atoms with E-state index in [1.54, 1.807) is 6.07 Å². The second kappa shape index (κ2) is 5.89. The molecule has 1 aliphatic rings. The van der Waals surface area contributed by atoms with Crippen LogP contribution >= 0.6 is 28.3 Å². The predicted octanol–water partition coefficient (Wildman–Crippen LogP) is 3.77. The van der Waals surface area contributed by atoms with Crippen molar-refractivity contribution in [1.29, 1.82) is 0 Å². The summed E-state index contributed by atoms with van der Waals surface area (Å²) in [5.74, 6) is 0.848. The van der Waals surface area contributed by atoms with Crippen LogP contribution in [0.1, 0.15) is 37.3 Å². The molecule has 0 bridgehead atoms. The van der Waals surface area contributed by atoms with Crippen LogP contribution in [0.15, 0.2) is 22.7 Å². The topological polar surface area (TPSA) is 46.2 Å². The molecule has 2 rings (SSSR count). The van der Waals surface area contributed by atoms with Crippen molar-refractivity contribution >= 4 is 28.3 Å². The van der Waals surface area contributed by atoms with E-state index in [0.29, 0.717) is 11.7 Å². The summed E-state index contributed by atoms with van der Waals surface area (Å²) in [6.07, 6.45) is 4.93. The molecule has 0 aromatic heterocycles. The van der Waals surface area contributed by atoms with Crippen LogP contribution in [0.2, 0.25) is 0 Å². The maximum Gasteiger partial charge on any atom is 0.121 e. The molecular weight excluding hydrogens is 289 g/mol. The largest absolute Gasteiger partial charge is 0.508 e. The Kier molecular flexibility index (Phi) is 5.09. The Labute approximate surface area is 111 Å². The highest BCUT2D eigenvalue weighted by Crippen LogP contribution is 2.37. The fourth-order valence-corrected chi connectivity index (χ4v) is 2.72. The van der Waals surface area contributed by atoms with Crippen molar-refractivity contribution in [3.63, 3.8) is 0 Å². The van der Waals surface area contributed by atoms with E-state index in [1.165, 1.54) is 25.7 Å². The third-order valence-corrected chi connectivity index (χ3v) is 3.75. The smallest absolute Gasteiger partial charge is 0.121 e. The molecule has 0 aliphatic heterocycles. The first kappa shape index (κ1) is 13.8. The lowest BCUT2D eigenvalue weighted by Crippen LogP contribution is -2.19. The maximum atomic E-state index is 9.81. The highest BCUT2D eigenvalue weighted by molar-refractivity contribution is 9.10. The summed E-state index contributed by atoms with van der Waals surface area (Å²) in [5.41, 5.74) is 7.06. The summed E-state index contributed by atoms with van der Waals surface area (Å²) in [6.45, 7) is 0. The van der Waals surface area contributed by atoms with E-state index in [0.717, 1.165) is 10.0 Å². The number of benzene rings is 1. The zero-order valence-electron chi connectivity index (χ0n) is 9.03. The van der Waals surface area contributed by atoms with Gasteiger partial charge in [0.05, 0.1) is 0 Å². The van der Waals surface area contributed by atoms with E-state index in [1.807, 2.05) is 12.1 Å². The van der Waals surface area contributed by atoms with Gasteiger partial charge in [0, 0.05) is 16.1 Å². The Bertz CT molecular complexity index is 353. The molecule has 1 atom stereocenters. The molecule has 1 fully saturated rings. The number of phenolic OH excluding ortho intramolecular Hbond substituents is 1. The number of hydrogen-bond donors (Lipinski definition) is 2. The van der Waals surface area contributed by atoms with Crippen LogP contribution in [-0.2, 0) is 0 Å². The Hall–Kier alpha value is -0.250. The lowest BCUT2D eigenvalue weighted by molar-refractivity contribution is 0.412. The van der Waals surface area contributed by atoms with Crippen molar-refractivity contribution in [3.8, 4) is 5.75 Å². The van der Waals surface area contributed by atoms with E-state index < -0.39 is 0 Å². The Morgan fingerprint density at radius 1 is 1.31 bits per heavy atom. The first-order valence-corrected chi connectivity index (χ1v) is 6.22. The van der Waals surface area contributed by atoms with Gasteiger partial charge in [-0.05, 0) is 30.9 Å². The molecule has 0 spiro atoms. The number of phenols is 1. The standard InChI is InChI=1S/C12H16BrNO.ClH/c13-9-5-6-10(11(15)7-9)12(14)8-3-1-2-4-8;/h5-8,12,15H,1-4,14H2;1H/t12-;/m1./s1. The zero-order chi connectivity index (χ0) is 10.8. The van der Waals surface area contributed by atoms with Crippen LogP contribution in [0.25, 0.3) is 0 Å². The van der Waals surface area contributed by atoms with Crippen LogP contribution in [-0.4, -0.2) is 5.11 Å². The molecular formula is C12H17BrClNO. The summed E-state index contributed by atoms with van der Waals surface area (Å²) >= 11 is 3.33. The maximum absolute atomic E-state index is 9.81. The number of hydrogen-bond acceptors (Lipinski definition) is 2. The van der Waals surface area contributed by atoms with E-state index in [4.69, 9.17) is 5.73 Å². The third kappa shape index (κ3) is 2.90. The van der Waals surface area contributed by atoms with Gasteiger partial charge in [-0.1, -0.05) is 34.8 Å². The molecule has 1 aromatic carbocycles. The Morgan fingerprint density at radius 2 is 1.94 bits per heavy atom. The van der Waals surface area contributed by atoms with Gasteiger partial charge in [0.2, 0.25) is 0 Å². The quantitative estimate of drug-likeness (QED) is 0.874. The average Bonchev–Trinajstić information content (AvgIpc) is 2.69. The van der Waals surface area contributed by atoms with Crippen LogP contribution in [0.3, 0.4) is 0 Å². The number of aromatic hydroxyl groups is 1. The van der Waals surface area contributed by atoms with Gasteiger partial charge in [0.25, 0.3) is 0 Å². The Morgan fingerprint density at radius 3 is 2.50 bits per heavy atom. The second-order valence-electron chi connectivity index (χ2n) is 4.27. The van der Waals surface area contributed by atoms with E-state index >= 15 is 0 Å². The minimum atomic E-state index is -0.0133. The third-order valence-electron chi connectivity index (χ3n) is 3.26. The van der Waals surface area contributed by atoms with Gasteiger partial charge < -0.3 is 10.8 Å². The monoisotopic (exact) mass is 305 g/mol. The van der Waals surface area contributed by atoms with Crippen molar-refractivity contribution in [2.24, 2.45) is 11.7 Å². The molecule has 90 valence electrons. The summed E-state index contributed by atoms with van der Waals surface area (Å²) < 4.78 is 0.891. The first-order chi connectivity index (χ1) is 7.18. The molecule has 1 saturated carbocycles. The number of nitrogens with two attached hydrogens (primary N) is 1. The molecule has 0 saturated heterocycles. The molecule has 1 aliphatic carbocycles. The lowest BCUT2D eigenvalue weighted by atomic mass is 9.92. The summed E-state index contributed by atoms with van der Waals surface area (Å²) in [4.78, 5) is 0. The minimum absolute atomic E-state index is 0. The van der Waals surface area contributed by atoms with Gasteiger partial charge in [0.15, 0.2) is 0 Å². The fourth-order valence-electron chi connectivity index (χ4n) is 2.37. The molecule has 0 radical (unpaired) electrons. The van der Waals surface area contributed by atoms with Crippen molar-refractivity contribution in [2.45, 2.75) is 31.7 Å². The van der Waals surface area contributed by atoms with Crippen LogP contribution < -0.4 is 5.73 Å². The van der Waals surface area contributed by atoms with Crippen molar-refractivity contribution in [1.82, 2.24) is 0 Å². The molecule has 0 amide bonds. The van der Waals surface area contributed by atoms with Crippen LogP contribution in [0, 0.1) is 5.92 Å². The van der Waals surface area contributed by atoms with Gasteiger partial charge >= 0.3 is 0 Å². The van der Waals surface area contributed by atoms with Crippen molar-refractivity contribution in [2.75, 3.05) is 0 Å². The van der Waals surface area contributed by atoms with Gasteiger partial charge in [0.1, 0.15) is 5.75 Å². The number of rotatable bonds is 2. The second-order valence-corrected chi connectivity index (χ2v) is 5.19. The zero-order valence-corrected chi connectivity index (χ0v) is 11.4.